The zero-order chi connectivity index (χ0) is 19.0. The molecule has 0 spiro atoms. The van der Waals surface area contributed by atoms with Gasteiger partial charge in [-0.2, -0.15) is 0 Å². The number of carboxylic acid groups (broad SMARTS) is 1. The molecule has 0 aromatic heterocycles. The molecule has 0 aliphatic carbocycles. The Morgan fingerprint density at radius 3 is 2.32 bits per heavy atom. The van der Waals surface area contributed by atoms with Gasteiger partial charge in [0.15, 0.2) is 6.10 Å². The third-order valence-corrected chi connectivity index (χ3v) is 4.16. The van der Waals surface area contributed by atoms with Crippen molar-refractivity contribution in [1.82, 2.24) is 10.6 Å². The number of halogens is 1. The third-order valence-electron chi connectivity index (χ3n) is 3.91. The van der Waals surface area contributed by atoms with E-state index in [1.165, 1.54) is 7.11 Å². The summed E-state index contributed by atoms with van der Waals surface area (Å²) < 4.78 is 4.78. The molecule has 1 rings (SSSR count). The first kappa shape index (κ1) is 20.9. The van der Waals surface area contributed by atoms with E-state index in [1.54, 1.807) is 24.3 Å². The molecular formula is C17H23ClN2O5. The Morgan fingerprint density at radius 1 is 1.24 bits per heavy atom. The molecule has 0 heterocycles. The summed E-state index contributed by atoms with van der Waals surface area (Å²) in [6, 6.07) is 5.51. The number of carboxylic acids is 1. The maximum absolute atomic E-state index is 12.4. The zero-order valence-electron chi connectivity index (χ0n) is 14.4. The summed E-state index contributed by atoms with van der Waals surface area (Å²) in [5.74, 6) is -2.17. The highest BCUT2D eigenvalue weighted by atomic mass is 35.5. The van der Waals surface area contributed by atoms with Crippen LogP contribution in [0.4, 0.5) is 0 Å². The first-order valence-corrected chi connectivity index (χ1v) is 8.27. The highest BCUT2D eigenvalue weighted by molar-refractivity contribution is 6.30. The maximum Gasteiger partial charge on any atom is 0.334 e. The van der Waals surface area contributed by atoms with Crippen LogP contribution in [0.15, 0.2) is 24.3 Å². The second kappa shape index (κ2) is 10.0. The number of rotatable bonds is 9. The Hall–Kier alpha value is -2.12. The van der Waals surface area contributed by atoms with Gasteiger partial charge in [-0.05, 0) is 30.2 Å². The molecule has 138 valence electrons. The fourth-order valence-corrected chi connectivity index (χ4v) is 2.23. The third kappa shape index (κ3) is 6.36. The molecule has 0 saturated heterocycles. The number of benzene rings is 1. The molecule has 0 radical (unpaired) electrons. The van der Waals surface area contributed by atoms with Crippen molar-refractivity contribution in [3.05, 3.63) is 34.9 Å². The second-order valence-corrected chi connectivity index (χ2v) is 6.09. The standard InChI is InChI=1S/C17H23ClN2O5/c1-4-10(2)14(16(22)19-9-13(25-3)17(23)24)20-15(21)11-5-7-12(18)8-6-11/h5-8,10,13-14H,4,9H2,1-3H3,(H,19,22)(H,20,21)(H,23,24). The number of nitrogens with one attached hydrogen (secondary N) is 2. The Morgan fingerprint density at radius 2 is 1.84 bits per heavy atom. The topological polar surface area (TPSA) is 105 Å². The molecule has 7 nitrogen and oxygen atoms in total. The fraction of sp³-hybridized carbons (Fsp3) is 0.471. The van der Waals surface area contributed by atoms with Gasteiger partial charge < -0.3 is 20.5 Å². The zero-order valence-corrected chi connectivity index (χ0v) is 15.2. The van der Waals surface area contributed by atoms with E-state index in [4.69, 9.17) is 21.4 Å². The van der Waals surface area contributed by atoms with Gasteiger partial charge in [-0.1, -0.05) is 31.9 Å². The number of ether oxygens (including phenoxy) is 1. The Balaban J connectivity index is 2.79. The normalized spacial score (nSPS) is 14.2. The summed E-state index contributed by atoms with van der Waals surface area (Å²) in [5.41, 5.74) is 0.380. The van der Waals surface area contributed by atoms with Crippen molar-refractivity contribution in [3.63, 3.8) is 0 Å². The van der Waals surface area contributed by atoms with Crippen LogP contribution in [0.2, 0.25) is 5.02 Å². The van der Waals surface area contributed by atoms with Crippen LogP contribution in [0, 0.1) is 5.92 Å². The van der Waals surface area contributed by atoms with Crippen molar-refractivity contribution < 1.29 is 24.2 Å². The van der Waals surface area contributed by atoms with Crippen LogP contribution in [0.25, 0.3) is 0 Å². The van der Waals surface area contributed by atoms with E-state index in [0.29, 0.717) is 17.0 Å². The van der Waals surface area contributed by atoms with Gasteiger partial charge in [-0.3, -0.25) is 9.59 Å². The van der Waals surface area contributed by atoms with Crippen LogP contribution in [-0.4, -0.2) is 48.7 Å². The number of hydrogen-bond donors (Lipinski definition) is 3. The number of amides is 2. The number of aliphatic carboxylic acids is 1. The van der Waals surface area contributed by atoms with Crippen molar-refractivity contribution in [2.45, 2.75) is 32.4 Å². The average Bonchev–Trinajstić information content (AvgIpc) is 2.59. The van der Waals surface area contributed by atoms with E-state index in [0.717, 1.165) is 0 Å². The van der Waals surface area contributed by atoms with Crippen LogP contribution in [0.1, 0.15) is 30.6 Å². The monoisotopic (exact) mass is 370 g/mol. The van der Waals surface area contributed by atoms with Gasteiger partial charge in [-0.15, -0.1) is 0 Å². The Kier molecular flexibility index (Phi) is 8.37. The number of carbonyl (C=O) groups excluding carboxylic acids is 2. The van der Waals surface area contributed by atoms with Crippen LogP contribution in [0.5, 0.6) is 0 Å². The lowest BCUT2D eigenvalue weighted by Gasteiger charge is -2.24. The number of hydrogen-bond acceptors (Lipinski definition) is 4. The summed E-state index contributed by atoms with van der Waals surface area (Å²) in [4.78, 5) is 35.7. The van der Waals surface area contributed by atoms with Crippen LogP contribution in [0.3, 0.4) is 0 Å². The summed E-state index contributed by atoms with van der Waals surface area (Å²) in [5, 5.41) is 14.7. The minimum Gasteiger partial charge on any atom is -0.479 e. The van der Waals surface area contributed by atoms with Crippen molar-refractivity contribution >= 4 is 29.4 Å². The van der Waals surface area contributed by atoms with E-state index in [1.807, 2.05) is 13.8 Å². The fourth-order valence-electron chi connectivity index (χ4n) is 2.10. The van der Waals surface area contributed by atoms with Gasteiger partial charge in [0, 0.05) is 17.7 Å². The largest absolute Gasteiger partial charge is 0.479 e. The van der Waals surface area contributed by atoms with E-state index in [-0.39, 0.29) is 12.5 Å². The molecule has 2 amide bonds. The Labute approximate surface area is 151 Å². The lowest BCUT2D eigenvalue weighted by molar-refractivity contribution is -0.148. The van der Waals surface area contributed by atoms with Gasteiger partial charge in [0.2, 0.25) is 5.91 Å². The predicted molar refractivity (Wildman–Crippen MR) is 93.6 cm³/mol. The van der Waals surface area contributed by atoms with E-state index >= 15 is 0 Å². The molecule has 3 unspecified atom stereocenters. The molecule has 1 aromatic rings. The molecule has 0 saturated carbocycles. The quantitative estimate of drug-likeness (QED) is 0.613. The minimum atomic E-state index is -1.17. The van der Waals surface area contributed by atoms with E-state index in [2.05, 4.69) is 10.6 Å². The van der Waals surface area contributed by atoms with E-state index < -0.39 is 29.9 Å². The van der Waals surface area contributed by atoms with Crippen molar-refractivity contribution in [1.29, 1.82) is 0 Å². The van der Waals surface area contributed by atoms with E-state index in [9.17, 15) is 14.4 Å². The summed E-state index contributed by atoms with van der Waals surface area (Å²) in [6.45, 7) is 3.54. The lowest BCUT2D eigenvalue weighted by Crippen LogP contribution is -2.52. The molecule has 1 aromatic carbocycles. The average molecular weight is 371 g/mol. The maximum atomic E-state index is 12.4. The van der Waals surface area contributed by atoms with Crippen molar-refractivity contribution in [3.8, 4) is 0 Å². The second-order valence-electron chi connectivity index (χ2n) is 5.65. The first-order valence-electron chi connectivity index (χ1n) is 7.89. The van der Waals surface area contributed by atoms with Gasteiger partial charge >= 0.3 is 5.97 Å². The molecule has 3 N–H and O–H groups in total. The molecule has 0 aliphatic rings. The summed E-state index contributed by atoms with van der Waals surface area (Å²) in [6.07, 6.45) is -0.487. The van der Waals surface area contributed by atoms with Crippen molar-refractivity contribution in [2.24, 2.45) is 5.92 Å². The van der Waals surface area contributed by atoms with Gasteiger partial charge in [-0.25, -0.2) is 4.79 Å². The summed E-state index contributed by atoms with van der Waals surface area (Å²) >= 11 is 5.80. The highest BCUT2D eigenvalue weighted by Gasteiger charge is 2.27. The summed E-state index contributed by atoms with van der Waals surface area (Å²) in [7, 11) is 1.25. The van der Waals surface area contributed by atoms with Gasteiger partial charge in [0.05, 0.1) is 6.54 Å². The van der Waals surface area contributed by atoms with Crippen LogP contribution >= 0.6 is 11.6 Å². The molecular weight excluding hydrogens is 348 g/mol. The van der Waals surface area contributed by atoms with Gasteiger partial charge in [0.1, 0.15) is 6.04 Å². The molecule has 25 heavy (non-hydrogen) atoms. The minimum absolute atomic E-state index is 0.137. The predicted octanol–water partition coefficient (Wildman–Crippen LogP) is 1.70. The SMILES string of the molecule is CCC(C)C(NC(=O)c1ccc(Cl)cc1)C(=O)NCC(OC)C(=O)O. The molecule has 0 fully saturated rings. The molecule has 0 bridgehead atoms. The molecule has 3 atom stereocenters. The van der Waals surface area contributed by atoms with Crippen LogP contribution < -0.4 is 10.6 Å². The molecule has 0 aliphatic heterocycles. The Bertz CT molecular complexity index is 606. The van der Waals surface area contributed by atoms with Gasteiger partial charge in [0.25, 0.3) is 5.91 Å². The smallest absolute Gasteiger partial charge is 0.334 e. The highest BCUT2D eigenvalue weighted by Crippen LogP contribution is 2.12. The van der Waals surface area contributed by atoms with Crippen molar-refractivity contribution in [2.75, 3.05) is 13.7 Å². The lowest BCUT2D eigenvalue weighted by atomic mass is 9.97. The molecule has 8 heteroatoms. The van der Waals surface area contributed by atoms with Crippen LogP contribution in [-0.2, 0) is 14.3 Å². The number of carbonyl (C=O) groups is 3. The first-order chi connectivity index (χ1) is 11.8. The number of methoxy groups -OCH3 is 1.